The summed E-state index contributed by atoms with van der Waals surface area (Å²) in [5.74, 6) is 1.47. The van der Waals surface area contributed by atoms with Gasteiger partial charge in [-0.15, -0.1) is 0 Å². The van der Waals surface area contributed by atoms with E-state index in [1.165, 1.54) is 0 Å². The zero-order chi connectivity index (χ0) is 28.7. The molecule has 41 heavy (non-hydrogen) atoms. The molecule has 0 atom stereocenters. The quantitative estimate of drug-likeness (QED) is 0.189. The minimum absolute atomic E-state index is 0.0970. The number of anilines is 1. The van der Waals surface area contributed by atoms with Gasteiger partial charge in [-0.2, -0.15) is 0 Å². The molecule has 0 radical (unpaired) electrons. The van der Waals surface area contributed by atoms with Crippen LogP contribution in [0, 0.1) is 6.92 Å². The SMILES string of the molecule is Cc1ccc(S(=O)(=O)N(CC(=O)NCCOc2cccc3ccccc23)c2ccc(Oc3ccccc3)cc2)cc1. The molecule has 5 rings (SSSR count). The summed E-state index contributed by atoms with van der Waals surface area (Å²) in [6.45, 7) is 1.93. The average molecular weight is 567 g/mol. The van der Waals surface area contributed by atoms with Crippen molar-refractivity contribution in [3.8, 4) is 17.2 Å². The average Bonchev–Trinajstić information content (AvgIpc) is 2.99. The lowest BCUT2D eigenvalue weighted by Gasteiger charge is -2.24. The molecular weight excluding hydrogens is 536 g/mol. The molecule has 0 bridgehead atoms. The third-order valence-corrected chi connectivity index (χ3v) is 8.22. The van der Waals surface area contributed by atoms with E-state index in [1.807, 2.05) is 79.7 Å². The summed E-state index contributed by atoms with van der Waals surface area (Å²) in [5, 5.41) is 4.83. The molecule has 0 heterocycles. The molecule has 208 valence electrons. The Bertz CT molecular complexity index is 1720. The summed E-state index contributed by atoms with van der Waals surface area (Å²) in [7, 11) is -4.04. The Balaban J connectivity index is 1.29. The summed E-state index contributed by atoms with van der Waals surface area (Å²) in [6, 6.07) is 36.1. The van der Waals surface area contributed by atoms with Crippen LogP contribution in [0.5, 0.6) is 17.2 Å². The van der Waals surface area contributed by atoms with Gasteiger partial charge in [0.2, 0.25) is 5.91 Å². The fourth-order valence-electron chi connectivity index (χ4n) is 4.32. The minimum Gasteiger partial charge on any atom is -0.491 e. The van der Waals surface area contributed by atoms with Gasteiger partial charge >= 0.3 is 0 Å². The highest BCUT2D eigenvalue weighted by Crippen LogP contribution is 2.28. The fraction of sp³-hybridized carbons (Fsp3) is 0.121. The number of nitrogens with one attached hydrogen (secondary N) is 1. The summed E-state index contributed by atoms with van der Waals surface area (Å²) < 4.78 is 40.2. The van der Waals surface area contributed by atoms with Crippen molar-refractivity contribution < 1.29 is 22.7 Å². The van der Waals surface area contributed by atoms with Crippen molar-refractivity contribution in [1.29, 1.82) is 0 Å². The van der Waals surface area contributed by atoms with Gasteiger partial charge in [0.15, 0.2) is 0 Å². The van der Waals surface area contributed by atoms with Crippen LogP contribution in [0.1, 0.15) is 5.56 Å². The van der Waals surface area contributed by atoms with Crippen molar-refractivity contribution >= 4 is 32.4 Å². The number of rotatable bonds is 11. The van der Waals surface area contributed by atoms with E-state index in [-0.39, 0.29) is 18.0 Å². The van der Waals surface area contributed by atoms with Gasteiger partial charge in [0, 0.05) is 5.39 Å². The molecule has 0 aliphatic rings. The van der Waals surface area contributed by atoms with E-state index in [2.05, 4.69) is 5.32 Å². The molecule has 5 aromatic rings. The molecule has 5 aromatic carbocycles. The number of fused-ring (bicyclic) bond motifs is 1. The normalized spacial score (nSPS) is 11.1. The maximum Gasteiger partial charge on any atom is 0.264 e. The summed E-state index contributed by atoms with van der Waals surface area (Å²) in [6.07, 6.45) is 0. The van der Waals surface area contributed by atoms with Crippen LogP contribution in [-0.4, -0.2) is 34.0 Å². The largest absolute Gasteiger partial charge is 0.491 e. The first-order valence-electron chi connectivity index (χ1n) is 13.2. The third kappa shape index (κ3) is 6.85. The lowest BCUT2D eigenvalue weighted by molar-refractivity contribution is -0.119. The maximum atomic E-state index is 13.7. The van der Waals surface area contributed by atoms with E-state index in [0.717, 1.165) is 26.4 Å². The molecule has 0 aromatic heterocycles. The molecule has 7 nitrogen and oxygen atoms in total. The van der Waals surface area contributed by atoms with Crippen LogP contribution in [0.15, 0.2) is 126 Å². The molecule has 0 aliphatic heterocycles. The van der Waals surface area contributed by atoms with E-state index >= 15 is 0 Å². The van der Waals surface area contributed by atoms with Crippen molar-refractivity contribution in [2.24, 2.45) is 0 Å². The van der Waals surface area contributed by atoms with Crippen LogP contribution >= 0.6 is 0 Å². The zero-order valence-electron chi connectivity index (χ0n) is 22.6. The molecule has 1 N–H and O–H groups in total. The molecule has 1 amide bonds. The second kappa shape index (κ2) is 12.6. The van der Waals surface area contributed by atoms with Crippen molar-refractivity contribution in [2.45, 2.75) is 11.8 Å². The van der Waals surface area contributed by atoms with E-state index in [9.17, 15) is 13.2 Å². The number of hydrogen-bond acceptors (Lipinski definition) is 5. The van der Waals surface area contributed by atoms with Crippen LogP contribution in [0.2, 0.25) is 0 Å². The van der Waals surface area contributed by atoms with Crippen LogP contribution in [0.25, 0.3) is 10.8 Å². The Morgan fingerprint density at radius 3 is 2.17 bits per heavy atom. The van der Waals surface area contributed by atoms with Gasteiger partial charge in [-0.25, -0.2) is 8.42 Å². The molecule has 8 heteroatoms. The van der Waals surface area contributed by atoms with Crippen LogP contribution in [-0.2, 0) is 14.8 Å². The predicted octanol–water partition coefficient (Wildman–Crippen LogP) is 6.33. The molecule has 0 spiro atoms. The number of hydrogen-bond donors (Lipinski definition) is 1. The Morgan fingerprint density at radius 2 is 1.41 bits per heavy atom. The number of nitrogens with zero attached hydrogens (tertiary/aromatic N) is 1. The highest BCUT2D eigenvalue weighted by atomic mass is 32.2. The minimum atomic E-state index is -4.04. The molecule has 0 saturated carbocycles. The van der Waals surface area contributed by atoms with Crippen molar-refractivity contribution in [2.75, 3.05) is 24.0 Å². The van der Waals surface area contributed by atoms with Crippen molar-refractivity contribution in [3.63, 3.8) is 0 Å². The molecule has 0 fully saturated rings. The van der Waals surface area contributed by atoms with Gasteiger partial charge in [-0.1, -0.05) is 72.3 Å². The first kappa shape index (κ1) is 27.7. The fourth-order valence-corrected chi connectivity index (χ4v) is 5.74. The lowest BCUT2D eigenvalue weighted by atomic mass is 10.1. The third-order valence-electron chi connectivity index (χ3n) is 6.43. The number of carbonyl (C=O) groups is 1. The van der Waals surface area contributed by atoms with Crippen LogP contribution in [0.3, 0.4) is 0 Å². The summed E-state index contributed by atoms with van der Waals surface area (Å²) >= 11 is 0. The van der Waals surface area contributed by atoms with Crippen molar-refractivity contribution in [1.82, 2.24) is 5.32 Å². The Hall–Kier alpha value is -4.82. The standard InChI is InChI=1S/C33H30N2O5S/c1-25-14-20-30(21-15-25)41(37,38)35(27-16-18-29(19-17-27)40-28-10-3-2-4-11-28)24-33(36)34-22-23-39-32-13-7-9-26-8-5-6-12-31(26)32/h2-21H,22-24H2,1H3,(H,34,36). The maximum absolute atomic E-state index is 13.7. The first-order valence-corrected chi connectivity index (χ1v) is 14.6. The number of para-hydroxylation sites is 1. The van der Waals surface area contributed by atoms with Gasteiger partial charge < -0.3 is 14.8 Å². The highest BCUT2D eigenvalue weighted by Gasteiger charge is 2.27. The number of benzene rings is 5. The number of amides is 1. The van der Waals surface area contributed by atoms with Crippen molar-refractivity contribution in [3.05, 3.63) is 127 Å². The van der Waals surface area contributed by atoms with Gasteiger partial charge in [-0.05, 0) is 66.9 Å². The molecule has 0 saturated heterocycles. The van der Waals surface area contributed by atoms with E-state index in [1.54, 1.807) is 48.5 Å². The van der Waals surface area contributed by atoms with E-state index in [0.29, 0.717) is 17.2 Å². The zero-order valence-corrected chi connectivity index (χ0v) is 23.4. The first-order chi connectivity index (χ1) is 19.9. The van der Waals surface area contributed by atoms with E-state index < -0.39 is 22.5 Å². The summed E-state index contributed by atoms with van der Waals surface area (Å²) in [4.78, 5) is 13.1. The van der Waals surface area contributed by atoms with Gasteiger partial charge in [0.05, 0.1) is 17.1 Å². The van der Waals surface area contributed by atoms with Crippen LogP contribution < -0.4 is 19.1 Å². The number of carbonyl (C=O) groups excluding carboxylic acids is 1. The number of aryl methyl sites for hydroxylation is 1. The lowest BCUT2D eigenvalue weighted by Crippen LogP contribution is -2.41. The molecule has 0 unspecified atom stereocenters. The van der Waals surface area contributed by atoms with Crippen LogP contribution in [0.4, 0.5) is 5.69 Å². The Labute approximate surface area is 240 Å². The van der Waals surface area contributed by atoms with Gasteiger partial charge in [0.25, 0.3) is 10.0 Å². The monoisotopic (exact) mass is 566 g/mol. The Morgan fingerprint density at radius 1 is 0.756 bits per heavy atom. The topological polar surface area (TPSA) is 84.9 Å². The van der Waals surface area contributed by atoms with Gasteiger partial charge in [-0.3, -0.25) is 9.10 Å². The summed E-state index contributed by atoms with van der Waals surface area (Å²) in [5.41, 5.74) is 1.27. The highest BCUT2D eigenvalue weighted by molar-refractivity contribution is 7.92. The Kier molecular flexibility index (Phi) is 8.50. The second-order valence-electron chi connectivity index (χ2n) is 9.41. The smallest absolute Gasteiger partial charge is 0.264 e. The second-order valence-corrected chi connectivity index (χ2v) is 11.3. The van der Waals surface area contributed by atoms with E-state index in [4.69, 9.17) is 9.47 Å². The molecular formula is C33H30N2O5S. The van der Waals surface area contributed by atoms with Gasteiger partial charge in [0.1, 0.15) is 30.4 Å². The predicted molar refractivity (Wildman–Crippen MR) is 161 cm³/mol. The number of sulfonamides is 1. The number of ether oxygens (including phenoxy) is 2. The molecule has 0 aliphatic carbocycles.